The number of carbonyl (C=O) groups excluding carboxylic acids is 2. The van der Waals surface area contributed by atoms with Crippen molar-refractivity contribution in [1.29, 1.82) is 0 Å². The van der Waals surface area contributed by atoms with Crippen LogP contribution in [-0.4, -0.2) is 40.9 Å². The number of aliphatic carboxylic acids is 1. The van der Waals surface area contributed by atoms with Crippen molar-refractivity contribution in [2.24, 2.45) is 0 Å². The van der Waals surface area contributed by atoms with E-state index < -0.39 is 23.8 Å². The van der Waals surface area contributed by atoms with E-state index in [-0.39, 0.29) is 17.9 Å². The number of carbonyl (C=O) groups is 3. The minimum absolute atomic E-state index is 0.0165. The van der Waals surface area contributed by atoms with Gasteiger partial charge in [0.2, 0.25) is 0 Å². The molecule has 10 heteroatoms. The predicted molar refractivity (Wildman–Crippen MR) is 103 cm³/mol. The summed E-state index contributed by atoms with van der Waals surface area (Å²) in [6, 6.07) is 5.09. The molecule has 2 heterocycles. The first kappa shape index (κ1) is 20.8. The van der Waals surface area contributed by atoms with Gasteiger partial charge in [0.1, 0.15) is 17.5 Å². The molecular weight excluding hydrogens is 440 g/mol. The fraction of sp³-hybridized carbons (Fsp3) is 0.235. The summed E-state index contributed by atoms with van der Waals surface area (Å²) >= 11 is 4.56. The Hall–Kier alpha value is -2.46. The van der Waals surface area contributed by atoms with Gasteiger partial charge >= 0.3 is 5.97 Å². The van der Waals surface area contributed by atoms with Crippen LogP contribution in [0.25, 0.3) is 6.08 Å². The standard InChI is InChI=1S/C17H17BrN2O6S/c1-27-8-6-11(17(23)24)19-15(21)12(9-10-3-2-7-25-10)20-16(22)13-4-5-14(18)26-13/h2-5,7,9,11H,6,8H2,1H3,(H,19,21)(H,20,22)(H,23,24)/b12-9-/t11-/m0/s1. The Morgan fingerprint density at radius 3 is 2.67 bits per heavy atom. The molecular formula is C17H17BrN2O6S. The molecule has 0 aliphatic heterocycles. The number of hydrogen-bond donors (Lipinski definition) is 3. The second-order valence-electron chi connectivity index (χ2n) is 5.28. The number of rotatable bonds is 9. The van der Waals surface area contributed by atoms with E-state index in [4.69, 9.17) is 8.83 Å². The van der Waals surface area contributed by atoms with Crippen molar-refractivity contribution in [3.05, 3.63) is 52.4 Å². The van der Waals surface area contributed by atoms with Crippen LogP contribution in [0.1, 0.15) is 22.7 Å². The van der Waals surface area contributed by atoms with Crippen molar-refractivity contribution in [3.63, 3.8) is 0 Å². The number of halogens is 1. The lowest BCUT2D eigenvalue weighted by Crippen LogP contribution is -2.44. The highest BCUT2D eigenvalue weighted by Gasteiger charge is 2.23. The number of thioether (sulfide) groups is 1. The molecule has 2 rings (SSSR count). The highest BCUT2D eigenvalue weighted by molar-refractivity contribution is 9.10. The molecule has 0 aliphatic carbocycles. The number of furan rings is 2. The third-order valence-electron chi connectivity index (χ3n) is 3.33. The van der Waals surface area contributed by atoms with Gasteiger partial charge in [0.25, 0.3) is 11.8 Å². The molecule has 0 fully saturated rings. The van der Waals surface area contributed by atoms with Crippen molar-refractivity contribution in [2.75, 3.05) is 12.0 Å². The summed E-state index contributed by atoms with van der Waals surface area (Å²) in [6.07, 6.45) is 4.80. The average Bonchev–Trinajstić information content (AvgIpc) is 3.29. The maximum absolute atomic E-state index is 12.6. The van der Waals surface area contributed by atoms with Gasteiger partial charge in [0, 0.05) is 6.08 Å². The molecule has 2 amide bonds. The monoisotopic (exact) mass is 456 g/mol. The van der Waals surface area contributed by atoms with Gasteiger partial charge < -0.3 is 24.6 Å². The highest BCUT2D eigenvalue weighted by atomic mass is 79.9. The van der Waals surface area contributed by atoms with E-state index in [2.05, 4.69) is 26.6 Å². The van der Waals surface area contributed by atoms with E-state index in [1.165, 1.54) is 36.2 Å². The first-order valence-corrected chi connectivity index (χ1v) is 9.94. The molecule has 2 aromatic heterocycles. The van der Waals surface area contributed by atoms with Gasteiger partial charge in [-0.15, -0.1) is 0 Å². The highest BCUT2D eigenvalue weighted by Crippen LogP contribution is 2.15. The zero-order valence-corrected chi connectivity index (χ0v) is 16.6. The summed E-state index contributed by atoms with van der Waals surface area (Å²) in [7, 11) is 0. The van der Waals surface area contributed by atoms with Gasteiger partial charge in [-0.3, -0.25) is 9.59 Å². The zero-order valence-electron chi connectivity index (χ0n) is 14.2. The molecule has 0 radical (unpaired) electrons. The number of carboxylic acid groups (broad SMARTS) is 1. The van der Waals surface area contributed by atoms with Crippen molar-refractivity contribution in [2.45, 2.75) is 12.5 Å². The van der Waals surface area contributed by atoms with Crippen LogP contribution in [0.15, 0.2) is 49.7 Å². The van der Waals surface area contributed by atoms with E-state index in [0.29, 0.717) is 16.2 Å². The summed E-state index contributed by atoms with van der Waals surface area (Å²) in [5, 5.41) is 14.1. The quantitative estimate of drug-likeness (QED) is 0.495. The topological polar surface area (TPSA) is 122 Å². The molecule has 0 bridgehead atoms. The Kier molecular flexibility index (Phi) is 7.74. The fourth-order valence-corrected chi connectivity index (χ4v) is 2.80. The van der Waals surface area contributed by atoms with Crippen LogP contribution in [0.2, 0.25) is 0 Å². The minimum atomic E-state index is -1.16. The molecule has 0 aliphatic rings. The summed E-state index contributed by atoms with van der Waals surface area (Å²) in [5.41, 5.74) is -0.169. The fourth-order valence-electron chi connectivity index (χ4n) is 2.02. The lowest BCUT2D eigenvalue weighted by molar-refractivity contribution is -0.141. The maximum atomic E-state index is 12.6. The van der Waals surface area contributed by atoms with E-state index in [9.17, 15) is 19.5 Å². The van der Waals surface area contributed by atoms with Crippen LogP contribution in [0.3, 0.4) is 0 Å². The van der Waals surface area contributed by atoms with Crippen LogP contribution in [0, 0.1) is 0 Å². The van der Waals surface area contributed by atoms with Gasteiger partial charge in [-0.25, -0.2) is 4.79 Å². The van der Waals surface area contributed by atoms with Crippen LogP contribution in [-0.2, 0) is 9.59 Å². The Bertz CT molecular complexity index is 830. The third-order valence-corrected chi connectivity index (χ3v) is 4.40. The Labute approximate surface area is 167 Å². The second-order valence-corrected chi connectivity index (χ2v) is 7.04. The van der Waals surface area contributed by atoms with Gasteiger partial charge in [0.05, 0.1) is 6.26 Å². The number of nitrogens with one attached hydrogen (secondary N) is 2. The molecule has 2 aromatic rings. The van der Waals surface area contributed by atoms with Crippen LogP contribution < -0.4 is 10.6 Å². The smallest absolute Gasteiger partial charge is 0.326 e. The molecule has 8 nitrogen and oxygen atoms in total. The molecule has 27 heavy (non-hydrogen) atoms. The molecule has 1 atom stereocenters. The van der Waals surface area contributed by atoms with Crippen LogP contribution in [0.5, 0.6) is 0 Å². The molecule has 3 N–H and O–H groups in total. The van der Waals surface area contributed by atoms with Crippen LogP contribution in [0.4, 0.5) is 0 Å². The molecule has 0 spiro atoms. The minimum Gasteiger partial charge on any atom is -0.480 e. The Morgan fingerprint density at radius 2 is 2.11 bits per heavy atom. The first-order valence-electron chi connectivity index (χ1n) is 7.75. The van der Waals surface area contributed by atoms with Gasteiger partial charge in [0.15, 0.2) is 10.4 Å². The molecule has 0 saturated carbocycles. The van der Waals surface area contributed by atoms with Crippen LogP contribution >= 0.6 is 27.7 Å². The Balaban J connectivity index is 2.20. The molecule has 144 valence electrons. The number of amides is 2. The van der Waals surface area contributed by atoms with E-state index in [1.807, 2.05) is 6.26 Å². The first-order chi connectivity index (χ1) is 12.9. The summed E-state index contributed by atoms with van der Waals surface area (Å²) < 4.78 is 10.7. The van der Waals surface area contributed by atoms with Gasteiger partial charge in [-0.1, -0.05) is 0 Å². The van der Waals surface area contributed by atoms with Crippen molar-refractivity contribution in [1.82, 2.24) is 10.6 Å². The largest absolute Gasteiger partial charge is 0.480 e. The summed E-state index contributed by atoms with van der Waals surface area (Å²) in [6.45, 7) is 0. The average molecular weight is 457 g/mol. The third kappa shape index (κ3) is 6.33. The molecule has 0 unspecified atom stereocenters. The van der Waals surface area contributed by atoms with Gasteiger partial charge in [-0.05, 0) is 58.6 Å². The van der Waals surface area contributed by atoms with E-state index >= 15 is 0 Å². The predicted octanol–water partition coefficient (Wildman–Crippen LogP) is 2.73. The maximum Gasteiger partial charge on any atom is 0.326 e. The summed E-state index contributed by atoms with van der Waals surface area (Å²) in [4.78, 5) is 36.2. The van der Waals surface area contributed by atoms with Crippen molar-refractivity contribution >= 4 is 51.6 Å². The summed E-state index contributed by atoms with van der Waals surface area (Å²) in [5.74, 6) is -1.71. The second kappa shape index (κ2) is 10.0. The van der Waals surface area contributed by atoms with Crippen molar-refractivity contribution < 1.29 is 28.3 Å². The number of carboxylic acids is 1. The molecule has 0 aromatic carbocycles. The lowest BCUT2D eigenvalue weighted by atomic mass is 10.2. The van der Waals surface area contributed by atoms with Crippen molar-refractivity contribution in [3.8, 4) is 0 Å². The van der Waals surface area contributed by atoms with E-state index in [1.54, 1.807) is 12.1 Å². The van der Waals surface area contributed by atoms with E-state index in [0.717, 1.165) is 0 Å². The van der Waals surface area contributed by atoms with Gasteiger partial charge in [-0.2, -0.15) is 11.8 Å². The zero-order chi connectivity index (χ0) is 19.8. The SMILES string of the molecule is CSCC[C@H](NC(=O)/C(=C/c1ccco1)NC(=O)c1ccc(Br)o1)C(=O)O. The molecule has 0 saturated heterocycles. The normalized spacial score (nSPS) is 12.4. The lowest BCUT2D eigenvalue weighted by Gasteiger charge is -2.15. The Morgan fingerprint density at radius 1 is 1.33 bits per heavy atom. The number of hydrogen-bond acceptors (Lipinski definition) is 6.